The molecule has 68 valence electrons. The molecule has 2 aliphatic rings. The molecule has 0 saturated heterocycles. The highest BCUT2D eigenvalue weighted by Crippen LogP contribution is 2.45. The van der Waals surface area contributed by atoms with Crippen LogP contribution in [0.3, 0.4) is 0 Å². The van der Waals surface area contributed by atoms with Crippen molar-refractivity contribution in [3.05, 3.63) is 0 Å². The van der Waals surface area contributed by atoms with Gasteiger partial charge in [-0.1, -0.05) is 38.5 Å². The Balaban J connectivity index is 2.03. The van der Waals surface area contributed by atoms with Gasteiger partial charge in [-0.2, -0.15) is 0 Å². The van der Waals surface area contributed by atoms with Gasteiger partial charge in [0.15, 0.2) is 0 Å². The van der Waals surface area contributed by atoms with E-state index in [1.807, 2.05) is 0 Å². The Kier molecular flexibility index (Phi) is 2.48. The summed E-state index contributed by atoms with van der Waals surface area (Å²) < 4.78 is 0. The highest BCUT2D eigenvalue weighted by Gasteiger charge is 2.35. The van der Waals surface area contributed by atoms with Crippen molar-refractivity contribution in [2.24, 2.45) is 17.8 Å². The van der Waals surface area contributed by atoms with Gasteiger partial charge in [0.25, 0.3) is 0 Å². The molecule has 2 saturated carbocycles. The van der Waals surface area contributed by atoms with Gasteiger partial charge < -0.3 is 4.79 Å². The van der Waals surface area contributed by atoms with Crippen molar-refractivity contribution in [2.75, 3.05) is 0 Å². The number of fused-ring (bicyclic) bond motifs is 2. The monoisotopic (exact) mass is 166 g/mol. The van der Waals surface area contributed by atoms with Crippen molar-refractivity contribution in [1.82, 2.24) is 0 Å². The summed E-state index contributed by atoms with van der Waals surface area (Å²) in [5.74, 6) is 2.58. The van der Waals surface area contributed by atoms with E-state index in [1.54, 1.807) is 0 Å². The zero-order chi connectivity index (χ0) is 8.39. The fourth-order valence-corrected chi connectivity index (χ4v) is 3.31. The maximum atomic E-state index is 10.5. The van der Waals surface area contributed by atoms with Gasteiger partial charge in [0.05, 0.1) is 0 Å². The molecule has 0 unspecified atom stereocenters. The predicted octanol–water partition coefficient (Wildman–Crippen LogP) is 2.79. The lowest BCUT2D eigenvalue weighted by molar-refractivity contribution is -0.110. The fourth-order valence-electron chi connectivity index (χ4n) is 3.31. The Labute approximate surface area is 74.5 Å². The maximum absolute atomic E-state index is 10.5. The molecule has 1 nitrogen and oxygen atoms in total. The number of hydrogen-bond donors (Lipinski definition) is 0. The van der Waals surface area contributed by atoms with E-state index in [1.165, 1.54) is 38.5 Å². The normalized spacial score (nSPS) is 40.8. The molecule has 0 aromatic rings. The van der Waals surface area contributed by atoms with Gasteiger partial charge in [0, 0.05) is 6.42 Å². The van der Waals surface area contributed by atoms with Crippen molar-refractivity contribution < 1.29 is 4.79 Å². The summed E-state index contributed by atoms with van der Waals surface area (Å²) in [4.78, 5) is 10.5. The summed E-state index contributed by atoms with van der Waals surface area (Å²) in [5, 5.41) is 0. The molecule has 12 heavy (non-hydrogen) atoms. The predicted molar refractivity (Wildman–Crippen MR) is 48.9 cm³/mol. The van der Waals surface area contributed by atoms with Gasteiger partial charge in [-0.25, -0.2) is 0 Å². The maximum Gasteiger partial charge on any atom is 0.120 e. The average Bonchev–Trinajstić information content (AvgIpc) is 2.04. The first-order valence-electron chi connectivity index (χ1n) is 5.35. The van der Waals surface area contributed by atoms with E-state index < -0.39 is 0 Å². The molecule has 0 heterocycles. The van der Waals surface area contributed by atoms with Crippen LogP contribution in [0.5, 0.6) is 0 Å². The number of carbonyl (C=O) groups is 1. The van der Waals surface area contributed by atoms with Gasteiger partial charge >= 0.3 is 0 Å². The smallest absolute Gasteiger partial charge is 0.120 e. The van der Waals surface area contributed by atoms with Gasteiger partial charge in [-0.05, 0) is 17.8 Å². The van der Waals surface area contributed by atoms with Crippen LogP contribution in [0.2, 0.25) is 0 Å². The van der Waals surface area contributed by atoms with Crippen molar-refractivity contribution in [1.29, 1.82) is 0 Å². The summed E-state index contributed by atoms with van der Waals surface area (Å²) >= 11 is 0. The van der Waals surface area contributed by atoms with Gasteiger partial charge in [-0.3, -0.25) is 0 Å². The molecule has 2 aliphatic carbocycles. The zero-order valence-electron chi connectivity index (χ0n) is 7.67. The van der Waals surface area contributed by atoms with Crippen LogP contribution in [0.25, 0.3) is 0 Å². The largest absolute Gasteiger partial charge is 0.303 e. The molecular weight excluding hydrogens is 148 g/mol. The van der Waals surface area contributed by atoms with Gasteiger partial charge in [0.1, 0.15) is 6.29 Å². The quantitative estimate of drug-likeness (QED) is 0.576. The zero-order valence-corrected chi connectivity index (χ0v) is 7.67. The number of hydrogen-bond acceptors (Lipinski definition) is 1. The minimum absolute atomic E-state index is 0.769. The third-order valence-electron chi connectivity index (χ3n) is 3.88. The molecule has 0 aliphatic heterocycles. The summed E-state index contributed by atoms with van der Waals surface area (Å²) in [6, 6.07) is 0. The molecule has 2 bridgehead atoms. The van der Waals surface area contributed by atoms with Crippen LogP contribution in [-0.2, 0) is 4.79 Å². The molecule has 2 rings (SSSR count). The Bertz CT molecular complexity index is 142. The number of carbonyl (C=O) groups excluding carboxylic acids is 1. The van der Waals surface area contributed by atoms with Crippen molar-refractivity contribution in [2.45, 2.75) is 44.9 Å². The summed E-state index contributed by atoms with van der Waals surface area (Å²) in [6.45, 7) is 0. The second kappa shape index (κ2) is 3.59. The first kappa shape index (κ1) is 8.28. The van der Waals surface area contributed by atoms with Crippen LogP contribution < -0.4 is 0 Å². The molecule has 0 amide bonds. The van der Waals surface area contributed by atoms with E-state index in [2.05, 4.69) is 0 Å². The van der Waals surface area contributed by atoms with Crippen LogP contribution in [0, 0.1) is 17.8 Å². The van der Waals surface area contributed by atoms with E-state index >= 15 is 0 Å². The third-order valence-corrected chi connectivity index (χ3v) is 3.88. The molecule has 0 N–H and O–H groups in total. The third kappa shape index (κ3) is 1.41. The van der Waals surface area contributed by atoms with Crippen molar-refractivity contribution in [3.63, 3.8) is 0 Å². The number of rotatable bonds is 2. The molecule has 2 fully saturated rings. The van der Waals surface area contributed by atoms with Crippen LogP contribution >= 0.6 is 0 Å². The highest BCUT2D eigenvalue weighted by molar-refractivity contribution is 5.50. The van der Waals surface area contributed by atoms with Crippen LogP contribution in [0.15, 0.2) is 0 Å². The molecule has 0 radical (unpaired) electrons. The first-order valence-corrected chi connectivity index (χ1v) is 5.35. The molecule has 0 aromatic carbocycles. The van der Waals surface area contributed by atoms with E-state index in [9.17, 15) is 4.79 Å². The van der Waals surface area contributed by atoms with E-state index in [0.29, 0.717) is 0 Å². The molecule has 1 heteroatoms. The van der Waals surface area contributed by atoms with E-state index in [-0.39, 0.29) is 0 Å². The highest BCUT2D eigenvalue weighted by atomic mass is 16.1. The summed E-state index contributed by atoms with van der Waals surface area (Å²) in [6.07, 6.45) is 10.4. The van der Waals surface area contributed by atoms with Gasteiger partial charge in [0.2, 0.25) is 0 Å². The lowest BCUT2D eigenvalue weighted by Gasteiger charge is -2.41. The van der Waals surface area contributed by atoms with Crippen LogP contribution in [0.1, 0.15) is 44.9 Å². The standard InChI is InChI=1S/C11H18O/c12-8-7-11-9-3-1-4-10(11)6-2-5-9/h8-11H,1-7H2. The Morgan fingerprint density at radius 3 is 1.92 bits per heavy atom. The van der Waals surface area contributed by atoms with Crippen LogP contribution in [0.4, 0.5) is 0 Å². The Hall–Kier alpha value is -0.330. The first-order chi connectivity index (χ1) is 5.92. The second-order valence-corrected chi connectivity index (χ2v) is 4.45. The Morgan fingerprint density at radius 1 is 1.00 bits per heavy atom. The van der Waals surface area contributed by atoms with Crippen molar-refractivity contribution >= 4 is 6.29 Å². The van der Waals surface area contributed by atoms with E-state index in [0.717, 1.165) is 30.5 Å². The lowest BCUT2D eigenvalue weighted by Crippen LogP contribution is -2.32. The van der Waals surface area contributed by atoms with Crippen LogP contribution in [-0.4, -0.2) is 6.29 Å². The second-order valence-electron chi connectivity index (χ2n) is 4.45. The fraction of sp³-hybridized carbons (Fsp3) is 0.909. The molecule has 0 atom stereocenters. The SMILES string of the molecule is O=CCC1C2CCCC1CCC2. The summed E-state index contributed by atoms with van der Waals surface area (Å²) in [7, 11) is 0. The van der Waals surface area contributed by atoms with E-state index in [4.69, 9.17) is 0 Å². The lowest BCUT2D eigenvalue weighted by atomic mass is 9.64. The topological polar surface area (TPSA) is 17.1 Å². The minimum Gasteiger partial charge on any atom is -0.303 e. The molecule has 0 spiro atoms. The minimum atomic E-state index is 0.769. The number of aldehydes is 1. The Morgan fingerprint density at radius 2 is 1.50 bits per heavy atom. The summed E-state index contributed by atoms with van der Waals surface area (Å²) in [5.41, 5.74) is 0. The van der Waals surface area contributed by atoms with Gasteiger partial charge in [-0.15, -0.1) is 0 Å². The molecule has 0 aromatic heterocycles. The molecular formula is C11H18O. The van der Waals surface area contributed by atoms with Crippen molar-refractivity contribution in [3.8, 4) is 0 Å². The average molecular weight is 166 g/mol.